The quantitative estimate of drug-likeness (QED) is 0.573. The average molecular weight is 327 g/mol. The fourth-order valence-corrected chi connectivity index (χ4v) is 1.65. The van der Waals surface area contributed by atoms with Crippen LogP contribution in [0.25, 0.3) is 5.70 Å². The second-order valence-corrected chi connectivity index (χ2v) is 3.91. The molecule has 0 spiro atoms. The second-order valence-electron chi connectivity index (χ2n) is 3.91. The molecule has 2 amide bonds. The van der Waals surface area contributed by atoms with Crippen molar-refractivity contribution in [3.05, 3.63) is 65.4 Å². The highest BCUT2D eigenvalue weighted by Crippen LogP contribution is 2.18. The molecule has 0 atom stereocenters. The van der Waals surface area contributed by atoms with Crippen molar-refractivity contribution < 1.29 is 4.79 Å². The number of rotatable bonds is 4. The van der Waals surface area contributed by atoms with Gasteiger partial charge in [0.2, 0.25) is 0 Å². The van der Waals surface area contributed by atoms with E-state index in [1.54, 1.807) is 12.2 Å². The maximum Gasteiger partial charge on any atom is 0.316 e. The summed E-state index contributed by atoms with van der Waals surface area (Å²) in [5.41, 5.74) is 13.5. The van der Waals surface area contributed by atoms with Crippen LogP contribution in [-0.2, 0) is 0 Å². The normalized spacial score (nSPS) is 11.1. The summed E-state index contributed by atoms with van der Waals surface area (Å²) in [5.74, 6) is 2.42. The number of hydrogen-bond acceptors (Lipinski definition) is 2. The Bertz CT molecular complexity index is 606. The van der Waals surface area contributed by atoms with Crippen molar-refractivity contribution in [3.8, 4) is 12.3 Å². The predicted octanol–water partition coefficient (Wildman–Crippen LogP) is 4.17. The van der Waals surface area contributed by atoms with Gasteiger partial charge in [0.25, 0.3) is 0 Å². The second kappa shape index (κ2) is 15.0. The van der Waals surface area contributed by atoms with Gasteiger partial charge in [-0.3, -0.25) is 0 Å². The number of terminal acetylenes is 1. The van der Waals surface area contributed by atoms with Gasteiger partial charge in [0.05, 0.1) is 11.4 Å². The van der Waals surface area contributed by atoms with Crippen molar-refractivity contribution in [2.45, 2.75) is 34.6 Å². The van der Waals surface area contributed by atoms with Crippen LogP contribution in [-0.4, -0.2) is 6.03 Å². The first-order chi connectivity index (χ1) is 11.6. The molecule has 0 heterocycles. The zero-order valence-electron chi connectivity index (χ0n) is 15.3. The zero-order valence-corrected chi connectivity index (χ0v) is 15.3. The molecule has 0 unspecified atom stereocenters. The van der Waals surface area contributed by atoms with Crippen LogP contribution in [0.3, 0.4) is 0 Å². The van der Waals surface area contributed by atoms with Crippen LogP contribution >= 0.6 is 0 Å². The third-order valence-corrected chi connectivity index (χ3v) is 2.48. The molecule has 0 radical (unpaired) electrons. The van der Waals surface area contributed by atoms with Crippen molar-refractivity contribution in [2.24, 2.45) is 11.5 Å². The highest BCUT2D eigenvalue weighted by Gasteiger charge is 2.11. The van der Waals surface area contributed by atoms with Gasteiger partial charge in [0, 0.05) is 5.57 Å². The van der Waals surface area contributed by atoms with Gasteiger partial charge in [-0.15, -0.1) is 6.42 Å². The lowest BCUT2D eigenvalue weighted by Gasteiger charge is -2.13. The van der Waals surface area contributed by atoms with Crippen molar-refractivity contribution in [1.29, 1.82) is 0 Å². The van der Waals surface area contributed by atoms with E-state index >= 15 is 0 Å². The first-order valence-electron chi connectivity index (χ1n) is 8.01. The van der Waals surface area contributed by atoms with Gasteiger partial charge >= 0.3 is 6.03 Å². The summed E-state index contributed by atoms with van der Waals surface area (Å²) < 4.78 is 0. The number of urea groups is 1. The number of carbonyl (C=O) groups is 1. The minimum absolute atomic E-state index is 0.389. The first-order valence-corrected chi connectivity index (χ1v) is 8.01. The van der Waals surface area contributed by atoms with Gasteiger partial charge in [-0.05, 0) is 18.6 Å². The molecule has 1 rings (SSSR count). The smallest absolute Gasteiger partial charge is 0.316 e. The molecule has 4 heteroatoms. The van der Waals surface area contributed by atoms with E-state index in [0.29, 0.717) is 17.0 Å². The molecule has 1 aromatic rings. The van der Waals surface area contributed by atoms with Crippen LogP contribution in [0.5, 0.6) is 0 Å². The zero-order chi connectivity index (χ0) is 19.0. The number of carbonyl (C=O) groups excluding carboxylic acids is 1. The molecule has 0 aliphatic carbocycles. The summed E-state index contributed by atoms with van der Waals surface area (Å²) in [6.07, 6.45) is 10.4. The molecule has 1 aromatic carbocycles. The molecular weight excluding hydrogens is 298 g/mol. The largest absolute Gasteiger partial charge is 0.397 e. The molecule has 5 N–H and O–H groups in total. The van der Waals surface area contributed by atoms with Crippen LogP contribution in [0.2, 0.25) is 0 Å². The molecule has 0 aromatic heterocycles. The Balaban J connectivity index is 0. The fourth-order valence-electron chi connectivity index (χ4n) is 1.65. The minimum atomic E-state index is -0.702. The molecular formula is C20H29N3O. The Kier molecular flexibility index (Phi) is 14.6. The molecule has 24 heavy (non-hydrogen) atoms. The first kappa shape index (κ1) is 23.3. The van der Waals surface area contributed by atoms with Crippen LogP contribution < -0.4 is 16.8 Å². The van der Waals surface area contributed by atoms with Gasteiger partial charge in [-0.2, -0.15) is 0 Å². The van der Waals surface area contributed by atoms with E-state index < -0.39 is 6.03 Å². The summed E-state index contributed by atoms with van der Waals surface area (Å²) in [6.45, 7) is 9.84. The average Bonchev–Trinajstić information content (AvgIpc) is 2.63. The highest BCUT2D eigenvalue weighted by atomic mass is 16.2. The Morgan fingerprint density at radius 2 is 1.67 bits per heavy atom. The van der Waals surface area contributed by atoms with E-state index in [4.69, 9.17) is 17.9 Å². The van der Waals surface area contributed by atoms with E-state index in [-0.39, 0.29) is 0 Å². The number of benzene rings is 1. The van der Waals surface area contributed by atoms with Gasteiger partial charge in [0.1, 0.15) is 0 Å². The SMILES string of the molecule is C#C/C=C(\C=C/C)C(/NC(N)=O)=C(/N)c1ccccc1.CC.CC. The molecule has 0 bridgehead atoms. The Labute approximate surface area is 146 Å². The fraction of sp³-hybridized carbons (Fsp3) is 0.250. The van der Waals surface area contributed by atoms with E-state index in [1.165, 1.54) is 6.08 Å². The standard InChI is InChI=1S/C16H17N3O.2C2H6/c1-3-8-13(9-4-2)15(19-16(18)20)14(17)12-10-6-5-7-11-12;2*1-2/h1,4-11H,17H2,2H3,(H3,18,19,20);2*1-2H3/b9-4-,13-8+,15-14-;;. The topological polar surface area (TPSA) is 81.1 Å². The molecule has 4 nitrogen and oxygen atoms in total. The maximum absolute atomic E-state index is 11.2. The van der Waals surface area contributed by atoms with Crippen LogP contribution in [0.1, 0.15) is 40.2 Å². The number of amides is 2. The van der Waals surface area contributed by atoms with E-state index in [9.17, 15) is 4.79 Å². The highest BCUT2D eigenvalue weighted by molar-refractivity contribution is 5.81. The number of nitrogens with two attached hydrogens (primary N) is 2. The monoisotopic (exact) mass is 327 g/mol. The van der Waals surface area contributed by atoms with Gasteiger partial charge < -0.3 is 16.8 Å². The summed E-state index contributed by atoms with van der Waals surface area (Å²) in [6, 6.07) is 8.55. The Hall–Kier alpha value is -2.93. The summed E-state index contributed by atoms with van der Waals surface area (Å²) >= 11 is 0. The molecule has 0 aliphatic rings. The molecule has 0 saturated heterocycles. The van der Waals surface area contributed by atoms with Gasteiger partial charge in [-0.25, -0.2) is 4.79 Å². The van der Waals surface area contributed by atoms with Crippen molar-refractivity contribution in [3.63, 3.8) is 0 Å². The molecule has 130 valence electrons. The summed E-state index contributed by atoms with van der Waals surface area (Å²) in [4.78, 5) is 11.2. The molecule has 0 saturated carbocycles. The van der Waals surface area contributed by atoms with Gasteiger partial charge in [0.15, 0.2) is 0 Å². The minimum Gasteiger partial charge on any atom is -0.397 e. The molecule has 0 aliphatic heterocycles. The number of nitrogens with one attached hydrogen (secondary N) is 1. The van der Waals surface area contributed by atoms with Crippen LogP contribution in [0.4, 0.5) is 4.79 Å². The third kappa shape index (κ3) is 8.50. The van der Waals surface area contributed by atoms with Crippen molar-refractivity contribution in [1.82, 2.24) is 5.32 Å². The van der Waals surface area contributed by atoms with E-state index in [0.717, 1.165) is 5.56 Å². The van der Waals surface area contributed by atoms with E-state index in [2.05, 4.69) is 11.2 Å². The Morgan fingerprint density at radius 3 is 2.08 bits per heavy atom. The Morgan fingerprint density at radius 1 is 1.12 bits per heavy atom. The third-order valence-electron chi connectivity index (χ3n) is 2.48. The van der Waals surface area contributed by atoms with Gasteiger partial charge in [-0.1, -0.05) is 76.1 Å². The summed E-state index contributed by atoms with van der Waals surface area (Å²) in [7, 11) is 0. The summed E-state index contributed by atoms with van der Waals surface area (Å²) in [5, 5.41) is 2.53. The predicted molar refractivity (Wildman–Crippen MR) is 105 cm³/mol. The lowest BCUT2D eigenvalue weighted by molar-refractivity contribution is 0.251. The molecule has 0 fully saturated rings. The van der Waals surface area contributed by atoms with Crippen LogP contribution in [0.15, 0.2) is 59.8 Å². The lowest BCUT2D eigenvalue weighted by atomic mass is 10.0. The number of hydrogen-bond donors (Lipinski definition) is 3. The number of primary amides is 1. The van der Waals surface area contributed by atoms with Crippen LogP contribution in [0, 0.1) is 12.3 Å². The van der Waals surface area contributed by atoms with E-state index in [1.807, 2.05) is 65.0 Å². The lowest BCUT2D eigenvalue weighted by Crippen LogP contribution is -2.31. The maximum atomic E-state index is 11.2. The van der Waals surface area contributed by atoms with Crippen molar-refractivity contribution >= 4 is 11.7 Å². The van der Waals surface area contributed by atoms with Crippen molar-refractivity contribution in [2.75, 3.05) is 0 Å². The number of allylic oxidation sites excluding steroid dienone is 3.